The van der Waals surface area contributed by atoms with Crippen molar-refractivity contribution in [3.8, 4) is 6.07 Å². The third-order valence-corrected chi connectivity index (χ3v) is 3.20. The number of hydrogen-bond acceptors (Lipinski definition) is 5. The zero-order chi connectivity index (χ0) is 14.7. The smallest absolute Gasteiger partial charge is 0.277 e. The highest BCUT2D eigenvalue weighted by atomic mass is 79.9. The van der Waals surface area contributed by atoms with E-state index in [1.54, 1.807) is 18.2 Å². The first-order chi connectivity index (χ1) is 9.56. The van der Waals surface area contributed by atoms with Crippen LogP contribution in [0, 0.1) is 11.3 Å². The Kier molecular flexibility index (Phi) is 4.17. The molecule has 102 valence electrons. The Labute approximate surface area is 123 Å². The summed E-state index contributed by atoms with van der Waals surface area (Å²) in [5.41, 5.74) is 0.869. The standard InChI is InChI=1S/C13H10BrN3O3/c14-9-2-1-8(7-15)10(5-9)16-11-6-12(19)17(3-4-18)13(11)20/h1-2,5-6,16,18H,3-4H2. The monoisotopic (exact) mass is 335 g/mol. The van der Waals surface area contributed by atoms with E-state index in [9.17, 15) is 9.59 Å². The van der Waals surface area contributed by atoms with Crippen LogP contribution in [0.1, 0.15) is 5.56 Å². The van der Waals surface area contributed by atoms with Gasteiger partial charge in [-0.25, -0.2) is 0 Å². The van der Waals surface area contributed by atoms with Crippen molar-refractivity contribution in [3.63, 3.8) is 0 Å². The number of carbonyl (C=O) groups is 2. The van der Waals surface area contributed by atoms with Crippen LogP contribution in [0.2, 0.25) is 0 Å². The summed E-state index contributed by atoms with van der Waals surface area (Å²) in [6.45, 7) is -0.345. The summed E-state index contributed by atoms with van der Waals surface area (Å²) < 4.78 is 0.739. The first kappa shape index (κ1) is 14.2. The zero-order valence-electron chi connectivity index (χ0n) is 10.3. The van der Waals surface area contributed by atoms with E-state index in [1.165, 1.54) is 0 Å². The van der Waals surface area contributed by atoms with Gasteiger partial charge in [-0.2, -0.15) is 5.26 Å². The Morgan fingerprint density at radius 2 is 2.15 bits per heavy atom. The topological polar surface area (TPSA) is 93.4 Å². The highest BCUT2D eigenvalue weighted by molar-refractivity contribution is 9.10. The van der Waals surface area contributed by atoms with Gasteiger partial charge in [0.05, 0.1) is 24.4 Å². The SMILES string of the molecule is N#Cc1ccc(Br)cc1NC1=CC(=O)N(CCO)C1=O. The van der Waals surface area contributed by atoms with Gasteiger partial charge < -0.3 is 10.4 Å². The maximum Gasteiger partial charge on any atom is 0.277 e. The third-order valence-electron chi connectivity index (χ3n) is 2.70. The molecule has 0 bridgehead atoms. The molecule has 2 amide bonds. The minimum atomic E-state index is -0.520. The summed E-state index contributed by atoms with van der Waals surface area (Å²) in [6, 6.07) is 6.95. The first-order valence-corrected chi connectivity index (χ1v) is 6.51. The summed E-state index contributed by atoms with van der Waals surface area (Å²) in [5, 5.41) is 20.6. The number of aliphatic hydroxyl groups is 1. The van der Waals surface area contributed by atoms with Gasteiger partial charge in [0.2, 0.25) is 0 Å². The highest BCUT2D eigenvalue weighted by Crippen LogP contribution is 2.24. The molecule has 2 N–H and O–H groups in total. The van der Waals surface area contributed by atoms with Gasteiger partial charge in [-0.1, -0.05) is 15.9 Å². The number of aliphatic hydroxyl groups excluding tert-OH is 1. The summed E-state index contributed by atoms with van der Waals surface area (Å²) in [5.74, 6) is -1.01. The fraction of sp³-hybridized carbons (Fsp3) is 0.154. The molecule has 0 fully saturated rings. The molecule has 2 rings (SSSR count). The normalized spacial score (nSPS) is 14.2. The van der Waals surface area contributed by atoms with Gasteiger partial charge in [0.1, 0.15) is 11.8 Å². The number of rotatable bonds is 4. The van der Waals surface area contributed by atoms with Crippen LogP contribution >= 0.6 is 15.9 Å². The van der Waals surface area contributed by atoms with E-state index in [4.69, 9.17) is 10.4 Å². The van der Waals surface area contributed by atoms with E-state index in [0.717, 1.165) is 15.4 Å². The van der Waals surface area contributed by atoms with Crippen LogP contribution in [-0.2, 0) is 9.59 Å². The van der Waals surface area contributed by atoms with Crippen molar-refractivity contribution in [3.05, 3.63) is 40.0 Å². The quantitative estimate of drug-likeness (QED) is 0.800. The van der Waals surface area contributed by atoms with E-state index in [2.05, 4.69) is 21.2 Å². The van der Waals surface area contributed by atoms with Crippen LogP contribution in [0.15, 0.2) is 34.4 Å². The minimum Gasteiger partial charge on any atom is -0.395 e. The first-order valence-electron chi connectivity index (χ1n) is 5.72. The molecule has 7 heteroatoms. The zero-order valence-corrected chi connectivity index (χ0v) is 11.8. The van der Waals surface area contributed by atoms with E-state index in [1.807, 2.05) is 6.07 Å². The number of nitrogens with zero attached hydrogens (tertiary/aromatic N) is 2. The molecule has 0 saturated heterocycles. The van der Waals surface area contributed by atoms with Crippen LogP contribution in [0.25, 0.3) is 0 Å². The van der Waals surface area contributed by atoms with Gasteiger partial charge in [0, 0.05) is 10.5 Å². The Morgan fingerprint density at radius 3 is 2.80 bits per heavy atom. The Balaban J connectivity index is 2.26. The second-order valence-electron chi connectivity index (χ2n) is 4.00. The molecule has 6 nitrogen and oxygen atoms in total. The Bertz CT molecular complexity index is 649. The lowest BCUT2D eigenvalue weighted by atomic mass is 10.2. The molecule has 0 atom stereocenters. The second-order valence-corrected chi connectivity index (χ2v) is 4.92. The van der Waals surface area contributed by atoms with Crippen LogP contribution in [0.5, 0.6) is 0 Å². The van der Waals surface area contributed by atoms with Gasteiger partial charge in [-0.05, 0) is 18.2 Å². The largest absolute Gasteiger partial charge is 0.395 e. The van der Waals surface area contributed by atoms with Crippen LogP contribution in [0.3, 0.4) is 0 Å². The number of halogens is 1. The van der Waals surface area contributed by atoms with Crippen molar-refractivity contribution >= 4 is 33.4 Å². The summed E-state index contributed by atoms with van der Waals surface area (Å²) in [6.07, 6.45) is 1.15. The number of benzene rings is 1. The van der Waals surface area contributed by atoms with Crippen molar-refractivity contribution in [1.29, 1.82) is 5.26 Å². The lowest BCUT2D eigenvalue weighted by Crippen LogP contribution is -2.34. The van der Waals surface area contributed by atoms with E-state index in [0.29, 0.717) is 11.3 Å². The number of nitriles is 1. The van der Waals surface area contributed by atoms with Crippen molar-refractivity contribution in [2.24, 2.45) is 0 Å². The number of imide groups is 1. The molecule has 0 aliphatic carbocycles. The minimum absolute atomic E-state index is 0.0526. The second kappa shape index (κ2) is 5.86. The van der Waals surface area contributed by atoms with E-state index >= 15 is 0 Å². The molecule has 1 aliphatic heterocycles. The number of nitrogens with one attached hydrogen (secondary N) is 1. The van der Waals surface area contributed by atoms with Crippen molar-refractivity contribution in [2.75, 3.05) is 18.5 Å². The van der Waals surface area contributed by atoms with E-state index < -0.39 is 11.8 Å². The molecule has 0 spiro atoms. The average Bonchev–Trinajstić information content (AvgIpc) is 2.67. The molecule has 0 aromatic heterocycles. The maximum absolute atomic E-state index is 12.0. The molecule has 0 radical (unpaired) electrons. The maximum atomic E-state index is 12.0. The number of amides is 2. The fourth-order valence-electron chi connectivity index (χ4n) is 1.77. The molecule has 1 aliphatic rings. The predicted molar refractivity (Wildman–Crippen MR) is 74.4 cm³/mol. The lowest BCUT2D eigenvalue weighted by Gasteiger charge is -2.14. The molecule has 20 heavy (non-hydrogen) atoms. The average molecular weight is 336 g/mol. The van der Waals surface area contributed by atoms with Gasteiger partial charge in [0.15, 0.2) is 0 Å². The van der Waals surface area contributed by atoms with Gasteiger partial charge in [-0.15, -0.1) is 0 Å². The molecular weight excluding hydrogens is 326 g/mol. The molecular formula is C13H10BrN3O3. The van der Waals surface area contributed by atoms with E-state index in [-0.39, 0.29) is 18.8 Å². The molecule has 1 heterocycles. The lowest BCUT2D eigenvalue weighted by molar-refractivity contribution is -0.137. The van der Waals surface area contributed by atoms with Gasteiger partial charge in [0.25, 0.3) is 11.8 Å². The predicted octanol–water partition coefficient (Wildman–Crippen LogP) is 0.978. The van der Waals surface area contributed by atoms with Crippen LogP contribution in [-0.4, -0.2) is 35.0 Å². The van der Waals surface area contributed by atoms with Crippen molar-refractivity contribution < 1.29 is 14.7 Å². The summed E-state index contributed by atoms with van der Waals surface area (Å²) in [7, 11) is 0. The Hall–Kier alpha value is -2.17. The van der Waals surface area contributed by atoms with Crippen molar-refractivity contribution in [2.45, 2.75) is 0 Å². The highest BCUT2D eigenvalue weighted by Gasteiger charge is 2.30. The summed E-state index contributed by atoms with van der Waals surface area (Å²) >= 11 is 3.27. The van der Waals surface area contributed by atoms with Gasteiger partial charge in [-0.3, -0.25) is 14.5 Å². The van der Waals surface area contributed by atoms with Gasteiger partial charge >= 0.3 is 0 Å². The molecule has 0 unspecified atom stereocenters. The van der Waals surface area contributed by atoms with Crippen LogP contribution in [0.4, 0.5) is 5.69 Å². The number of β-amino-alcohol motifs (C(OH)–C–C–N with tert-alkyl or cyclic N) is 1. The number of hydrogen-bond donors (Lipinski definition) is 2. The third kappa shape index (κ3) is 2.71. The number of anilines is 1. The fourth-order valence-corrected chi connectivity index (χ4v) is 2.13. The molecule has 1 aromatic rings. The van der Waals surface area contributed by atoms with Crippen LogP contribution < -0.4 is 5.32 Å². The number of carbonyl (C=O) groups excluding carboxylic acids is 2. The van der Waals surface area contributed by atoms with Crippen molar-refractivity contribution in [1.82, 2.24) is 4.90 Å². The molecule has 0 saturated carbocycles. The summed E-state index contributed by atoms with van der Waals surface area (Å²) in [4.78, 5) is 24.5. The Morgan fingerprint density at radius 1 is 1.40 bits per heavy atom. The molecule has 1 aromatic carbocycles.